The number of rotatable bonds is 12. The van der Waals surface area contributed by atoms with Crippen LogP contribution < -0.4 is 0 Å². The summed E-state index contributed by atoms with van der Waals surface area (Å²) in [5.74, 6) is 0. The Labute approximate surface area is 121 Å². The van der Waals surface area contributed by atoms with E-state index in [9.17, 15) is 0 Å². The van der Waals surface area contributed by atoms with E-state index in [0.29, 0.717) is 0 Å². The summed E-state index contributed by atoms with van der Waals surface area (Å²) in [6.45, 7) is 4.50. The fraction of sp³-hybridized carbons (Fsp3) is 1.00. The molecule has 0 fully saturated rings. The zero-order valence-corrected chi connectivity index (χ0v) is 14.1. The van der Waals surface area contributed by atoms with Gasteiger partial charge >= 0.3 is 0 Å². The SMILES string of the molecule is CCCCCC(OC(CCCCC)N(C)C)N(C)C. The van der Waals surface area contributed by atoms with Crippen LogP contribution in [-0.4, -0.2) is 50.4 Å². The fourth-order valence-electron chi connectivity index (χ4n) is 2.22. The molecule has 0 aliphatic carbocycles. The van der Waals surface area contributed by atoms with E-state index in [-0.39, 0.29) is 12.5 Å². The number of nitrogens with zero attached hydrogens (tertiary/aromatic N) is 2. The van der Waals surface area contributed by atoms with Gasteiger partial charge in [0, 0.05) is 0 Å². The second kappa shape index (κ2) is 11.7. The van der Waals surface area contributed by atoms with Gasteiger partial charge in [-0.2, -0.15) is 0 Å². The van der Waals surface area contributed by atoms with Crippen molar-refractivity contribution >= 4 is 0 Å². The highest BCUT2D eigenvalue weighted by Crippen LogP contribution is 2.16. The molecule has 0 saturated heterocycles. The van der Waals surface area contributed by atoms with Gasteiger partial charge in [-0.15, -0.1) is 0 Å². The predicted octanol–water partition coefficient (Wildman–Crippen LogP) is 3.94. The maximum Gasteiger partial charge on any atom is 0.112 e. The van der Waals surface area contributed by atoms with Gasteiger partial charge in [0.25, 0.3) is 0 Å². The second-order valence-electron chi connectivity index (χ2n) is 5.96. The van der Waals surface area contributed by atoms with Crippen LogP contribution in [0, 0.1) is 0 Å². The summed E-state index contributed by atoms with van der Waals surface area (Å²) >= 11 is 0. The van der Waals surface area contributed by atoms with Gasteiger partial charge in [-0.05, 0) is 53.9 Å². The van der Waals surface area contributed by atoms with Crippen LogP contribution in [0.25, 0.3) is 0 Å². The first-order chi connectivity index (χ1) is 9.02. The zero-order valence-electron chi connectivity index (χ0n) is 14.1. The van der Waals surface area contributed by atoms with Gasteiger partial charge in [0.05, 0.1) is 0 Å². The molecule has 0 aromatic rings. The Kier molecular flexibility index (Phi) is 11.6. The molecule has 0 aromatic heterocycles. The summed E-state index contributed by atoms with van der Waals surface area (Å²) in [6.07, 6.45) is 10.4. The van der Waals surface area contributed by atoms with Crippen LogP contribution in [0.15, 0.2) is 0 Å². The first kappa shape index (κ1) is 18.9. The molecule has 0 radical (unpaired) electrons. The van der Waals surface area contributed by atoms with E-state index in [2.05, 4.69) is 51.8 Å². The van der Waals surface area contributed by atoms with E-state index in [1.54, 1.807) is 0 Å². The lowest BCUT2D eigenvalue weighted by atomic mass is 10.1. The van der Waals surface area contributed by atoms with Crippen molar-refractivity contribution in [3.8, 4) is 0 Å². The predicted molar refractivity (Wildman–Crippen MR) is 84.3 cm³/mol. The third-order valence-electron chi connectivity index (χ3n) is 3.58. The molecule has 0 heterocycles. The highest BCUT2D eigenvalue weighted by Gasteiger charge is 2.19. The summed E-state index contributed by atoms with van der Waals surface area (Å²) < 4.78 is 6.32. The van der Waals surface area contributed by atoms with Crippen molar-refractivity contribution in [3.63, 3.8) is 0 Å². The minimum Gasteiger partial charge on any atom is -0.345 e. The van der Waals surface area contributed by atoms with Gasteiger partial charge in [0.1, 0.15) is 12.5 Å². The third-order valence-corrected chi connectivity index (χ3v) is 3.58. The molecule has 0 amide bonds. The molecular formula is C16H36N2O. The van der Waals surface area contributed by atoms with Crippen molar-refractivity contribution in [3.05, 3.63) is 0 Å². The quantitative estimate of drug-likeness (QED) is 0.395. The largest absolute Gasteiger partial charge is 0.345 e. The van der Waals surface area contributed by atoms with Crippen LogP contribution in [-0.2, 0) is 4.74 Å². The minimum absolute atomic E-state index is 0.251. The van der Waals surface area contributed by atoms with Crippen LogP contribution >= 0.6 is 0 Å². The molecule has 0 aromatic carbocycles. The third kappa shape index (κ3) is 9.42. The van der Waals surface area contributed by atoms with Gasteiger partial charge in [0.15, 0.2) is 0 Å². The van der Waals surface area contributed by atoms with Crippen LogP contribution in [0.3, 0.4) is 0 Å². The molecule has 0 spiro atoms. The normalized spacial score (nSPS) is 15.2. The molecule has 2 unspecified atom stereocenters. The molecule has 3 heteroatoms. The van der Waals surface area contributed by atoms with Crippen molar-refractivity contribution in [2.75, 3.05) is 28.2 Å². The average molecular weight is 272 g/mol. The Hall–Kier alpha value is -0.120. The summed E-state index contributed by atoms with van der Waals surface area (Å²) in [4.78, 5) is 4.43. The smallest absolute Gasteiger partial charge is 0.112 e. The van der Waals surface area contributed by atoms with E-state index < -0.39 is 0 Å². The lowest BCUT2D eigenvalue weighted by Gasteiger charge is -2.33. The summed E-state index contributed by atoms with van der Waals surface area (Å²) in [7, 11) is 8.48. The van der Waals surface area contributed by atoms with Crippen molar-refractivity contribution in [2.45, 2.75) is 77.7 Å². The molecule has 3 nitrogen and oxygen atoms in total. The second-order valence-corrected chi connectivity index (χ2v) is 5.96. The van der Waals surface area contributed by atoms with Crippen LogP contribution in [0.5, 0.6) is 0 Å². The molecule has 0 N–H and O–H groups in total. The van der Waals surface area contributed by atoms with Gasteiger partial charge in [0.2, 0.25) is 0 Å². The van der Waals surface area contributed by atoms with Gasteiger partial charge in [-0.3, -0.25) is 9.80 Å². The van der Waals surface area contributed by atoms with Gasteiger partial charge in [-0.1, -0.05) is 39.5 Å². The Morgan fingerprint density at radius 2 is 1.05 bits per heavy atom. The van der Waals surface area contributed by atoms with Crippen molar-refractivity contribution in [2.24, 2.45) is 0 Å². The molecule has 19 heavy (non-hydrogen) atoms. The Morgan fingerprint density at radius 1 is 0.684 bits per heavy atom. The summed E-state index contributed by atoms with van der Waals surface area (Å²) in [6, 6.07) is 0. The van der Waals surface area contributed by atoms with E-state index in [4.69, 9.17) is 4.74 Å². The highest BCUT2D eigenvalue weighted by atomic mass is 16.5. The Balaban J connectivity index is 4.22. The van der Waals surface area contributed by atoms with E-state index in [1.165, 1.54) is 38.5 Å². The van der Waals surface area contributed by atoms with E-state index in [0.717, 1.165) is 12.8 Å². The number of hydrogen-bond acceptors (Lipinski definition) is 3. The monoisotopic (exact) mass is 272 g/mol. The Morgan fingerprint density at radius 3 is 1.32 bits per heavy atom. The lowest BCUT2D eigenvalue weighted by molar-refractivity contribution is -0.138. The van der Waals surface area contributed by atoms with Crippen LogP contribution in [0.2, 0.25) is 0 Å². The lowest BCUT2D eigenvalue weighted by Crippen LogP contribution is -2.40. The van der Waals surface area contributed by atoms with E-state index in [1.807, 2.05) is 0 Å². The molecule has 0 saturated carbocycles. The Bertz CT molecular complexity index is 175. The summed E-state index contributed by atoms with van der Waals surface area (Å²) in [5, 5.41) is 0. The molecule has 0 bridgehead atoms. The molecule has 0 aliphatic rings. The van der Waals surface area contributed by atoms with Gasteiger partial charge < -0.3 is 4.74 Å². The van der Waals surface area contributed by atoms with E-state index >= 15 is 0 Å². The number of unbranched alkanes of at least 4 members (excludes halogenated alkanes) is 4. The zero-order chi connectivity index (χ0) is 14.7. The molecule has 0 rings (SSSR count). The standard InChI is InChI=1S/C16H36N2O/c1-7-9-11-13-15(17(3)4)19-16(18(5)6)14-12-10-8-2/h15-16H,7-14H2,1-6H3. The molecule has 0 aliphatic heterocycles. The minimum atomic E-state index is 0.251. The van der Waals surface area contributed by atoms with Crippen LogP contribution in [0.1, 0.15) is 65.2 Å². The van der Waals surface area contributed by atoms with Crippen molar-refractivity contribution in [1.29, 1.82) is 0 Å². The first-order valence-electron chi connectivity index (χ1n) is 8.01. The molecule has 116 valence electrons. The summed E-state index contributed by atoms with van der Waals surface area (Å²) in [5.41, 5.74) is 0. The maximum absolute atomic E-state index is 6.32. The first-order valence-corrected chi connectivity index (χ1v) is 8.01. The fourth-order valence-corrected chi connectivity index (χ4v) is 2.22. The molecular weight excluding hydrogens is 236 g/mol. The highest BCUT2D eigenvalue weighted by molar-refractivity contribution is 4.62. The van der Waals surface area contributed by atoms with Crippen molar-refractivity contribution < 1.29 is 4.74 Å². The van der Waals surface area contributed by atoms with Gasteiger partial charge in [-0.25, -0.2) is 0 Å². The maximum atomic E-state index is 6.32. The topological polar surface area (TPSA) is 15.7 Å². The van der Waals surface area contributed by atoms with Crippen molar-refractivity contribution in [1.82, 2.24) is 9.80 Å². The van der Waals surface area contributed by atoms with Crippen LogP contribution in [0.4, 0.5) is 0 Å². The molecule has 2 atom stereocenters. The number of hydrogen-bond donors (Lipinski definition) is 0. The number of ether oxygens (including phenoxy) is 1. The average Bonchev–Trinajstić information content (AvgIpc) is 2.35.